The maximum Gasteiger partial charge on any atom is 0.254 e. The third kappa shape index (κ3) is 6.15. The fraction of sp³-hybridized carbons (Fsp3) is 0.320. The fourth-order valence-corrected chi connectivity index (χ4v) is 3.58. The van der Waals surface area contributed by atoms with Crippen molar-refractivity contribution < 1.29 is 9.59 Å². The molecule has 2 amide bonds. The number of halogens is 2. The van der Waals surface area contributed by atoms with E-state index in [1.165, 1.54) is 0 Å². The highest BCUT2D eigenvalue weighted by atomic mass is 35.5. The monoisotopic (exact) mass is 486 g/mol. The van der Waals surface area contributed by atoms with Crippen LogP contribution in [0.15, 0.2) is 54.6 Å². The summed E-state index contributed by atoms with van der Waals surface area (Å²) in [6.45, 7) is 8.50. The summed E-state index contributed by atoms with van der Waals surface area (Å²) in [4.78, 5) is 27.5. The normalized spacial score (nSPS) is 11.3. The summed E-state index contributed by atoms with van der Waals surface area (Å²) in [6, 6.07) is 16.0. The Kier molecular flexibility index (Phi) is 7.82. The average molecular weight is 487 g/mol. The molecule has 0 bridgehead atoms. The summed E-state index contributed by atoms with van der Waals surface area (Å²) in [5.41, 5.74) is 1.78. The Labute approximate surface area is 204 Å². The van der Waals surface area contributed by atoms with Crippen LogP contribution in [0.25, 0.3) is 5.69 Å². The minimum atomic E-state index is -0.311. The van der Waals surface area contributed by atoms with E-state index in [0.29, 0.717) is 33.7 Å². The highest BCUT2D eigenvalue weighted by molar-refractivity contribution is 6.42. The maximum atomic E-state index is 13.0. The molecule has 0 aliphatic heterocycles. The molecule has 0 saturated carbocycles. The molecule has 6 nitrogen and oxygen atoms in total. The first-order valence-corrected chi connectivity index (χ1v) is 11.6. The van der Waals surface area contributed by atoms with E-state index >= 15 is 0 Å². The van der Waals surface area contributed by atoms with E-state index in [-0.39, 0.29) is 23.8 Å². The van der Waals surface area contributed by atoms with Crippen LogP contribution in [0.4, 0.5) is 5.82 Å². The molecule has 1 aromatic heterocycles. The zero-order valence-corrected chi connectivity index (χ0v) is 20.7. The Balaban J connectivity index is 1.87. The van der Waals surface area contributed by atoms with Crippen molar-refractivity contribution in [2.75, 3.05) is 18.4 Å². The van der Waals surface area contributed by atoms with E-state index < -0.39 is 0 Å². The predicted molar refractivity (Wildman–Crippen MR) is 134 cm³/mol. The Hall–Kier alpha value is -2.83. The molecule has 2 aromatic carbocycles. The van der Waals surface area contributed by atoms with Gasteiger partial charge in [0.2, 0.25) is 5.91 Å². The lowest BCUT2D eigenvalue weighted by molar-refractivity contribution is -0.116. The number of nitrogens with one attached hydrogen (secondary N) is 1. The molecule has 0 radical (unpaired) electrons. The van der Waals surface area contributed by atoms with Crippen LogP contribution in [0.3, 0.4) is 0 Å². The van der Waals surface area contributed by atoms with Gasteiger partial charge in [-0.15, -0.1) is 0 Å². The van der Waals surface area contributed by atoms with Crippen molar-refractivity contribution in [3.05, 3.63) is 75.9 Å². The van der Waals surface area contributed by atoms with Crippen LogP contribution in [-0.2, 0) is 10.2 Å². The van der Waals surface area contributed by atoms with Gasteiger partial charge in [-0.1, -0.05) is 69.1 Å². The summed E-state index contributed by atoms with van der Waals surface area (Å²) in [6.07, 6.45) is 0.737. The number of aromatic nitrogens is 2. The van der Waals surface area contributed by atoms with Gasteiger partial charge in [0.25, 0.3) is 5.91 Å². The molecule has 0 atom stereocenters. The number of amides is 2. The summed E-state index contributed by atoms with van der Waals surface area (Å²) >= 11 is 12.3. The molecular weight excluding hydrogens is 459 g/mol. The van der Waals surface area contributed by atoms with Crippen LogP contribution in [0.2, 0.25) is 10.0 Å². The minimum absolute atomic E-state index is 0.0705. The van der Waals surface area contributed by atoms with E-state index in [1.54, 1.807) is 52.0 Å². The third-order valence-electron chi connectivity index (χ3n) is 5.03. The lowest BCUT2D eigenvalue weighted by Crippen LogP contribution is -2.38. The summed E-state index contributed by atoms with van der Waals surface area (Å²) in [7, 11) is 0. The van der Waals surface area contributed by atoms with Gasteiger partial charge in [0.05, 0.1) is 21.4 Å². The molecule has 8 heteroatoms. The first-order valence-electron chi connectivity index (χ1n) is 10.8. The zero-order chi connectivity index (χ0) is 24.2. The average Bonchev–Trinajstić information content (AvgIpc) is 3.19. The summed E-state index contributed by atoms with van der Waals surface area (Å²) < 4.78 is 1.63. The highest BCUT2D eigenvalue weighted by Crippen LogP contribution is 2.29. The number of hydrogen-bond donors (Lipinski definition) is 1. The van der Waals surface area contributed by atoms with E-state index in [9.17, 15) is 9.59 Å². The van der Waals surface area contributed by atoms with Crippen molar-refractivity contribution in [1.82, 2.24) is 14.7 Å². The fourth-order valence-electron chi connectivity index (χ4n) is 3.29. The van der Waals surface area contributed by atoms with Gasteiger partial charge in [-0.05, 0) is 36.8 Å². The second-order valence-corrected chi connectivity index (χ2v) is 9.63. The number of carbonyl (C=O) groups excluding carboxylic acids is 2. The Morgan fingerprint density at radius 3 is 2.33 bits per heavy atom. The predicted octanol–water partition coefficient (Wildman–Crippen LogP) is 5.97. The SMILES string of the molecule is CCCN(CC(=O)Nc1cc(C(C)(C)C)nn1-c1ccc(Cl)c(Cl)c1)C(=O)c1ccccc1. The van der Waals surface area contributed by atoms with E-state index in [4.69, 9.17) is 28.3 Å². The molecule has 33 heavy (non-hydrogen) atoms. The van der Waals surface area contributed by atoms with Crippen LogP contribution < -0.4 is 5.32 Å². The van der Waals surface area contributed by atoms with Crippen molar-refractivity contribution in [2.24, 2.45) is 0 Å². The lowest BCUT2D eigenvalue weighted by atomic mass is 9.92. The standard InChI is InChI=1S/C25H28Cl2N4O2/c1-5-13-30(24(33)17-9-7-6-8-10-17)16-23(32)28-22-15-21(25(2,3)4)29-31(22)18-11-12-19(26)20(27)14-18/h6-12,14-15H,5,13,16H2,1-4H3,(H,28,32). The van der Waals surface area contributed by atoms with E-state index in [2.05, 4.69) is 5.32 Å². The maximum absolute atomic E-state index is 13.0. The van der Waals surface area contributed by atoms with Gasteiger partial charge in [-0.2, -0.15) is 5.10 Å². The van der Waals surface area contributed by atoms with Gasteiger partial charge < -0.3 is 10.2 Å². The van der Waals surface area contributed by atoms with Crippen LogP contribution in [0, 0.1) is 0 Å². The topological polar surface area (TPSA) is 67.2 Å². The number of benzene rings is 2. The van der Waals surface area contributed by atoms with Crippen molar-refractivity contribution >= 4 is 40.8 Å². The largest absolute Gasteiger partial charge is 0.329 e. The Bertz CT molecular complexity index is 1140. The van der Waals surface area contributed by atoms with Crippen LogP contribution in [0.1, 0.15) is 50.2 Å². The molecule has 0 unspecified atom stereocenters. The van der Waals surface area contributed by atoms with Crippen LogP contribution in [0.5, 0.6) is 0 Å². The number of hydrogen-bond acceptors (Lipinski definition) is 3. The lowest BCUT2D eigenvalue weighted by Gasteiger charge is -2.21. The van der Waals surface area contributed by atoms with Crippen molar-refractivity contribution in [2.45, 2.75) is 39.5 Å². The van der Waals surface area contributed by atoms with Gasteiger partial charge in [0, 0.05) is 23.6 Å². The van der Waals surface area contributed by atoms with Crippen molar-refractivity contribution in [1.29, 1.82) is 0 Å². The van der Waals surface area contributed by atoms with Gasteiger partial charge in [-0.25, -0.2) is 4.68 Å². The summed E-state index contributed by atoms with van der Waals surface area (Å²) in [5.74, 6) is 0.00212. The quantitative estimate of drug-likeness (QED) is 0.447. The number of anilines is 1. The van der Waals surface area contributed by atoms with Crippen LogP contribution >= 0.6 is 23.2 Å². The van der Waals surface area contributed by atoms with Crippen molar-refractivity contribution in [3.8, 4) is 5.69 Å². The van der Waals surface area contributed by atoms with E-state index in [0.717, 1.165) is 12.1 Å². The molecule has 0 spiro atoms. The molecule has 1 N–H and O–H groups in total. The molecular formula is C25H28Cl2N4O2. The summed E-state index contributed by atoms with van der Waals surface area (Å²) in [5, 5.41) is 8.44. The van der Waals surface area contributed by atoms with Gasteiger partial charge in [0.1, 0.15) is 12.4 Å². The molecule has 0 aliphatic carbocycles. The first kappa shape index (κ1) is 24.8. The smallest absolute Gasteiger partial charge is 0.254 e. The second-order valence-electron chi connectivity index (χ2n) is 8.82. The van der Waals surface area contributed by atoms with Crippen molar-refractivity contribution in [3.63, 3.8) is 0 Å². The Morgan fingerprint density at radius 1 is 1.03 bits per heavy atom. The molecule has 1 heterocycles. The minimum Gasteiger partial charge on any atom is -0.329 e. The van der Waals surface area contributed by atoms with Gasteiger partial charge in [0.15, 0.2) is 0 Å². The molecule has 0 saturated heterocycles. The number of rotatable bonds is 7. The molecule has 3 rings (SSSR count). The number of carbonyl (C=O) groups is 2. The first-order chi connectivity index (χ1) is 15.6. The third-order valence-corrected chi connectivity index (χ3v) is 5.77. The van der Waals surface area contributed by atoms with Gasteiger partial charge in [-0.3, -0.25) is 9.59 Å². The highest BCUT2D eigenvalue weighted by Gasteiger charge is 2.23. The molecule has 174 valence electrons. The van der Waals surface area contributed by atoms with E-state index in [1.807, 2.05) is 39.8 Å². The van der Waals surface area contributed by atoms with Gasteiger partial charge >= 0.3 is 0 Å². The Morgan fingerprint density at radius 2 is 1.73 bits per heavy atom. The molecule has 0 fully saturated rings. The molecule has 0 aliphatic rings. The molecule has 3 aromatic rings. The second kappa shape index (κ2) is 10.4. The number of nitrogens with zero attached hydrogens (tertiary/aromatic N) is 3. The van der Waals surface area contributed by atoms with Crippen LogP contribution in [-0.4, -0.2) is 39.6 Å². The zero-order valence-electron chi connectivity index (χ0n) is 19.2.